The standard InChI is InChI=1S/C32H34F3N7O4S/c1-18-24(34)5-4-19-10-21(43)11-22(25(18)19)27-26(35)28-23(13-36-27)29(41-8-2-6-31(16-41)15-37-47(44,45)40-31)39-30(38-28)46-17-32-7-3-9-42(32)14-20(33)12-32/h4-5,10-11,13,20,37,40,43H,2-3,6-9,12,14-17H2,1H3/t20-,31?,32+/m1/s1. The van der Waals surface area contributed by atoms with Crippen LogP contribution in [0.3, 0.4) is 0 Å². The number of piperidine rings is 1. The van der Waals surface area contributed by atoms with E-state index < -0.39 is 39.1 Å². The van der Waals surface area contributed by atoms with Gasteiger partial charge in [0.2, 0.25) is 0 Å². The minimum absolute atomic E-state index is 0.0964. The summed E-state index contributed by atoms with van der Waals surface area (Å²) in [6.07, 6.45) is 3.73. The lowest BCUT2D eigenvalue weighted by molar-refractivity contribution is 0.107. The van der Waals surface area contributed by atoms with E-state index in [9.17, 15) is 22.3 Å². The van der Waals surface area contributed by atoms with Gasteiger partial charge >= 0.3 is 6.01 Å². The van der Waals surface area contributed by atoms with Gasteiger partial charge in [0, 0.05) is 44.4 Å². The highest BCUT2D eigenvalue weighted by molar-refractivity contribution is 7.87. The molecule has 1 spiro atoms. The molecule has 47 heavy (non-hydrogen) atoms. The number of alkyl halides is 1. The van der Waals surface area contributed by atoms with Crippen molar-refractivity contribution < 1.29 is 31.4 Å². The van der Waals surface area contributed by atoms with Crippen molar-refractivity contribution >= 4 is 37.7 Å². The number of fused-ring (bicyclic) bond motifs is 3. The number of phenolic OH excluding ortho intramolecular Hbond substituents is 1. The monoisotopic (exact) mass is 669 g/mol. The van der Waals surface area contributed by atoms with Crippen molar-refractivity contribution in [2.24, 2.45) is 0 Å². The molecule has 4 saturated heterocycles. The molecule has 6 heterocycles. The molecule has 2 aromatic carbocycles. The summed E-state index contributed by atoms with van der Waals surface area (Å²) in [4.78, 5) is 17.7. The van der Waals surface area contributed by atoms with E-state index >= 15 is 4.39 Å². The Kier molecular flexibility index (Phi) is 7.06. The number of halogens is 3. The van der Waals surface area contributed by atoms with Crippen LogP contribution in [0.15, 0.2) is 30.5 Å². The van der Waals surface area contributed by atoms with Crippen LogP contribution < -0.4 is 19.1 Å². The first kappa shape index (κ1) is 30.5. The summed E-state index contributed by atoms with van der Waals surface area (Å²) < 4.78 is 82.1. The minimum atomic E-state index is -3.65. The summed E-state index contributed by atoms with van der Waals surface area (Å²) in [5, 5.41) is 11.7. The molecule has 248 valence electrons. The molecule has 0 radical (unpaired) electrons. The van der Waals surface area contributed by atoms with Gasteiger partial charge in [0.15, 0.2) is 5.82 Å². The average molecular weight is 670 g/mol. The Bertz CT molecular complexity index is 2050. The molecule has 15 heteroatoms. The number of rotatable bonds is 5. The largest absolute Gasteiger partial charge is 0.508 e. The molecular formula is C32H34F3N7O4S. The maximum absolute atomic E-state index is 16.8. The Labute approximate surface area is 269 Å². The van der Waals surface area contributed by atoms with E-state index in [1.165, 1.54) is 30.5 Å². The molecule has 3 N–H and O–H groups in total. The number of aromatic nitrogens is 3. The van der Waals surface area contributed by atoms with E-state index in [0.29, 0.717) is 48.9 Å². The maximum atomic E-state index is 16.8. The van der Waals surface area contributed by atoms with Gasteiger partial charge in [-0.2, -0.15) is 23.1 Å². The number of hydrogen-bond acceptors (Lipinski definition) is 9. The number of hydrogen-bond donors (Lipinski definition) is 3. The molecule has 1 unspecified atom stereocenters. The topological polar surface area (TPSA) is 133 Å². The average Bonchev–Trinajstić information content (AvgIpc) is 3.66. The fourth-order valence-electron chi connectivity index (χ4n) is 8.09. The van der Waals surface area contributed by atoms with Crippen molar-refractivity contribution in [1.82, 2.24) is 29.3 Å². The molecule has 0 saturated carbocycles. The third kappa shape index (κ3) is 5.14. The molecular weight excluding hydrogens is 635 g/mol. The second kappa shape index (κ2) is 10.9. The van der Waals surface area contributed by atoms with Crippen LogP contribution in [0.1, 0.15) is 37.7 Å². The molecule has 2 aromatic heterocycles. The lowest BCUT2D eigenvalue weighted by atomic mass is 9.90. The molecule has 11 nitrogen and oxygen atoms in total. The lowest BCUT2D eigenvalue weighted by Gasteiger charge is -2.40. The fourth-order valence-corrected chi connectivity index (χ4v) is 9.43. The Balaban J connectivity index is 1.26. The van der Waals surface area contributed by atoms with E-state index in [1.54, 1.807) is 6.92 Å². The van der Waals surface area contributed by atoms with E-state index in [4.69, 9.17) is 9.72 Å². The first-order valence-corrected chi connectivity index (χ1v) is 17.3. The van der Waals surface area contributed by atoms with Crippen molar-refractivity contribution in [2.75, 3.05) is 44.2 Å². The normalized spacial score (nSPS) is 27.3. The van der Waals surface area contributed by atoms with Crippen LogP contribution >= 0.6 is 0 Å². The number of ether oxygens (including phenoxy) is 1. The SMILES string of the molecule is Cc1c(F)ccc2cc(O)cc(-c3ncc4c(N5CCCC6(CNS(=O)(=O)N6)C5)nc(OC[C@@]56CCCN5C[C@H](F)C6)nc4c3F)c12. The number of nitrogens with one attached hydrogen (secondary N) is 2. The van der Waals surface area contributed by atoms with Gasteiger partial charge in [-0.05, 0) is 73.7 Å². The van der Waals surface area contributed by atoms with Gasteiger partial charge in [-0.3, -0.25) is 9.88 Å². The first-order chi connectivity index (χ1) is 22.4. The number of aryl methyl sites for hydroxylation is 1. The summed E-state index contributed by atoms with van der Waals surface area (Å²) in [6.45, 7) is 3.78. The predicted octanol–water partition coefficient (Wildman–Crippen LogP) is 3.87. The van der Waals surface area contributed by atoms with Gasteiger partial charge in [-0.25, -0.2) is 17.9 Å². The van der Waals surface area contributed by atoms with E-state index in [-0.39, 0.29) is 59.2 Å². The highest BCUT2D eigenvalue weighted by atomic mass is 32.2. The Morgan fingerprint density at radius 3 is 2.79 bits per heavy atom. The molecule has 4 aliphatic rings. The summed E-state index contributed by atoms with van der Waals surface area (Å²) in [5.41, 5.74) is -1.04. The molecule has 4 fully saturated rings. The van der Waals surface area contributed by atoms with E-state index in [1.807, 2.05) is 4.90 Å². The molecule has 4 aromatic rings. The van der Waals surface area contributed by atoms with Gasteiger partial charge in [-0.1, -0.05) is 6.07 Å². The van der Waals surface area contributed by atoms with Gasteiger partial charge in [0.05, 0.1) is 16.5 Å². The van der Waals surface area contributed by atoms with Crippen LogP contribution in [-0.2, 0) is 10.2 Å². The predicted molar refractivity (Wildman–Crippen MR) is 169 cm³/mol. The highest BCUT2D eigenvalue weighted by Crippen LogP contribution is 2.42. The van der Waals surface area contributed by atoms with Crippen LogP contribution in [-0.4, -0.2) is 90.0 Å². The third-order valence-corrected chi connectivity index (χ3v) is 11.5. The lowest BCUT2D eigenvalue weighted by Crippen LogP contribution is -2.56. The second-order valence-corrected chi connectivity index (χ2v) is 14.9. The smallest absolute Gasteiger partial charge is 0.319 e. The summed E-state index contributed by atoms with van der Waals surface area (Å²) >= 11 is 0. The zero-order valence-electron chi connectivity index (χ0n) is 25.7. The molecule has 0 bridgehead atoms. The third-order valence-electron chi connectivity index (χ3n) is 10.3. The van der Waals surface area contributed by atoms with Crippen molar-refractivity contribution in [3.05, 3.63) is 47.7 Å². The quantitative estimate of drug-likeness (QED) is 0.290. The number of phenols is 1. The Hall–Kier alpha value is -3.79. The van der Waals surface area contributed by atoms with Gasteiger partial charge in [0.25, 0.3) is 10.2 Å². The Morgan fingerprint density at radius 1 is 1.15 bits per heavy atom. The molecule has 0 aliphatic carbocycles. The van der Waals surface area contributed by atoms with Crippen molar-refractivity contribution in [3.63, 3.8) is 0 Å². The molecule has 0 amide bonds. The van der Waals surface area contributed by atoms with E-state index in [0.717, 1.165) is 19.4 Å². The van der Waals surface area contributed by atoms with Gasteiger partial charge in [0.1, 0.15) is 41.4 Å². The molecule has 3 atom stereocenters. The van der Waals surface area contributed by atoms with Gasteiger partial charge in [-0.15, -0.1) is 0 Å². The minimum Gasteiger partial charge on any atom is -0.508 e. The fraction of sp³-hybridized carbons (Fsp3) is 0.469. The zero-order chi connectivity index (χ0) is 32.7. The maximum Gasteiger partial charge on any atom is 0.319 e. The second-order valence-electron chi connectivity index (χ2n) is 13.4. The number of pyridine rings is 1. The Morgan fingerprint density at radius 2 is 1.98 bits per heavy atom. The number of anilines is 1. The van der Waals surface area contributed by atoms with Crippen molar-refractivity contribution in [2.45, 2.75) is 56.3 Å². The number of nitrogens with zero attached hydrogens (tertiary/aromatic N) is 5. The number of benzene rings is 2. The van der Waals surface area contributed by atoms with Crippen LogP contribution in [0.25, 0.3) is 32.9 Å². The van der Waals surface area contributed by atoms with Crippen LogP contribution in [0.5, 0.6) is 11.8 Å². The van der Waals surface area contributed by atoms with Crippen LogP contribution in [0.4, 0.5) is 19.0 Å². The van der Waals surface area contributed by atoms with Crippen molar-refractivity contribution in [3.8, 4) is 23.0 Å². The highest BCUT2D eigenvalue weighted by Gasteiger charge is 2.49. The summed E-state index contributed by atoms with van der Waals surface area (Å²) in [6, 6.07) is 5.53. The van der Waals surface area contributed by atoms with Crippen LogP contribution in [0.2, 0.25) is 0 Å². The first-order valence-electron chi connectivity index (χ1n) is 15.8. The summed E-state index contributed by atoms with van der Waals surface area (Å²) in [7, 11) is -3.65. The molecule has 4 aliphatic heterocycles. The molecule has 8 rings (SSSR count). The van der Waals surface area contributed by atoms with Crippen molar-refractivity contribution in [1.29, 1.82) is 0 Å². The number of aromatic hydroxyl groups is 1. The van der Waals surface area contributed by atoms with Gasteiger partial charge < -0.3 is 14.7 Å². The van der Waals surface area contributed by atoms with Crippen LogP contribution in [0, 0.1) is 18.6 Å². The summed E-state index contributed by atoms with van der Waals surface area (Å²) in [5.74, 6) is -1.11. The zero-order valence-corrected chi connectivity index (χ0v) is 26.5. The van der Waals surface area contributed by atoms with E-state index in [2.05, 4.69) is 24.3 Å².